The van der Waals surface area contributed by atoms with Crippen LogP contribution in [0, 0.1) is 0 Å². The third-order valence-electron chi connectivity index (χ3n) is 11.8. The zero-order chi connectivity index (χ0) is 37.6. The molecule has 56 heavy (non-hydrogen) atoms. The lowest BCUT2D eigenvalue weighted by Crippen LogP contribution is -2.33. The predicted octanol–water partition coefficient (Wildman–Crippen LogP) is 14.0. The van der Waals surface area contributed by atoms with Crippen LogP contribution < -0.4 is 10.1 Å². The van der Waals surface area contributed by atoms with Crippen molar-refractivity contribution in [2.75, 3.05) is 12.4 Å². The molecule has 0 aromatic heterocycles. The van der Waals surface area contributed by atoms with Crippen molar-refractivity contribution in [2.24, 2.45) is 0 Å². The smallest absolute Gasteiger partial charge is 0.118 e. The van der Waals surface area contributed by atoms with Gasteiger partial charge in [-0.25, -0.2) is 0 Å². The molecule has 11 rings (SSSR count). The fourth-order valence-corrected chi connectivity index (χ4v) is 8.99. The summed E-state index contributed by atoms with van der Waals surface area (Å²) in [5, 5.41) is 8.83. The van der Waals surface area contributed by atoms with Gasteiger partial charge in [0.15, 0.2) is 0 Å². The first-order valence-electron chi connectivity index (χ1n) is 19.5. The summed E-state index contributed by atoms with van der Waals surface area (Å²) < 4.78 is 5.01. The fraction of sp³-hybridized carbons (Fsp3) is 0.0741. The molecule has 1 heterocycles. The summed E-state index contributed by atoms with van der Waals surface area (Å²) >= 11 is 0. The highest BCUT2D eigenvalue weighted by molar-refractivity contribution is 5.96. The number of rotatable bonds is 4. The monoisotopic (exact) mass is 719 g/mol. The van der Waals surface area contributed by atoms with Crippen LogP contribution in [0.5, 0.6) is 5.75 Å². The second-order valence-electron chi connectivity index (χ2n) is 14.8. The van der Waals surface area contributed by atoms with Crippen LogP contribution in [0.3, 0.4) is 0 Å². The Morgan fingerprint density at radius 1 is 0.411 bits per heavy atom. The first-order valence-corrected chi connectivity index (χ1v) is 19.5. The first kappa shape index (κ1) is 33.7. The van der Waals surface area contributed by atoms with Crippen LogP contribution >= 0.6 is 0 Å². The lowest BCUT2D eigenvalue weighted by atomic mass is 9.64. The minimum Gasteiger partial charge on any atom is -0.497 e. The molecule has 0 saturated carbocycles. The van der Waals surface area contributed by atoms with Crippen LogP contribution in [0.2, 0.25) is 0 Å². The topological polar surface area (TPSA) is 21.3 Å². The van der Waals surface area contributed by atoms with Crippen molar-refractivity contribution >= 4 is 32.9 Å². The van der Waals surface area contributed by atoms with E-state index in [2.05, 4.69) is 194 Å². The van der Waals surface area contributed by atoms with E-state index in [1.807, 2.05) is 12.1 Å². The number of aryl methyl sites for hydroxylation is 1. The average molecular weight is 720 g/mol. The van der Waals surface area contributed by atoms with Crippen molar-refractivity contribution in [3.05, 3.63) is 222 Å². The third kappa shape index (κ3) is 5.48. The van der Waals surface area contributed by atoms with E-state index in [9.17, 15) is 0 Å². The van der Waals surface area contributed by atoms with Gasteiger partial charge in [-0.3, -0.25) is 0 Å². The van der Waals surface area contributed by atoms with Crippen LogP contribution in [-0.4, -0.2) is 7.11 Å². The minimum atomic E-state index is -0.469. The molecule has 0 unspecified atom stereocenters. The summed E-state index contributed by atoms with van der Waals surface area (Å²) in [7, 11) is 1.68. The van der Waals surface area contributed by atoms with E-state index in [0.29, 0.717) is 0 Å². The number of para-hydroxylation sites is 2. The molecule has 2 nitrogen and oxygen atoms in total. The van der Waals surface area contributed by atoms with E-state index in [1.54, 1.807) is 7.11 Å². The van der Waals surface area contributed by atoms with Gasteiger partial charge < -0.3 is 10.1 Å². The Morgan fingerprint density at radius 3 is 1.32 bits per heavy atom. The highest BCUT2D eigenvalue weighted by Crippen LogP contribution is 2.61. The van der Waals surface area contributed by atoms with Crippen LogP contribution in [0.4, 0.5) is 11.4 Å². The van der Waals surface area contributed by atoms with Gasteiger partial charge in [-0.1, -0.05) is 153 Å². The maximum Gasteiger partial charge on any atom is 0.118 e. The maximum absolute atomic E-state index is 5.01. The van der Waals surface area contributed by atoms with Crippen LogP contribution in [0.1, 0.15) is 34.7 Å². The first-order chi connectivity index (χ1) is 27.6. The van der Waals surface area contributed by atoms with Gasteiger partial charge in [-0.15, -0.1) is 0 Å². The standard InChI is InChI=1S/C45H29N.C9H12O/c1-3-11-31-25-33(19-17-29(31)9-1)35-21-23-37-38-24-22-36(34-20-18-30-10-2-4-12-32(30)26-34)28-42(38)45(41(37)27-35)39-13-5-7-15-43(39)46-44-16-8-6-14-40(44)45;1-3-8-4-6-9(10-2)7-5-8/h1-28,46H;4-7H,3H2,1-2H3. The van der Waals surface area contributed by atoms with E-state index >= 15 is 0 Å². The molecular weight excluding hydrogens is 679 g/mol. The zero-order valence-corrected chi connectivity index (χ0v) is 31.6. The van der Waals surface area contributed by atoms with Crippen LogP contribution in [0.15, 0.2) is 194 Å². The summed E-state index contributed by atoms with van der Waals surface area (Å²) in [5.41, 5.74) is 16.0. The summed E-state index contributed by atoms with van der Waals surface area (Å²) in [6.07, 6.45) is 1.09. The molecule has 0 amide bonds. The number of fused-ring (bicyclic) bond motifs is 11. The fourth-order valence-electron chi connectivity index (χ4n) is 8.99. The highest BCUT2D eigenvalue weighted by Gasteiger charge is 2.50. The predicted molar refractivity (Wildman–Crippen MR) is 235 cm³/mol. The van der Waals surface area contributed by atoms with Crippen molar-refractivity contribution in [3.63, 3.8) is 0 Å². The molecule has 0 radical (unpaired) electrons. The maximum atomic E-state index is 5.01. The molecule has 1 aliphatic heterocycles. The Bertz CT molecular complexity index is 2720. The molecular formula is C54H41NO. The van der Waals surface area contributed by atoms with Gasteiger partial charge in [-0.05, 0) is 138 Å². The van der Waals surface area contributed by atoms with Crippen molar-refractivity contribution < 1.29 is 4.74 Å². The van der Waals surface area contributed by atoms with Gasteiger partial charge in [0.1, 0.15) is 5.75 Å². The van der Waals surface area contributed by atoms with Crippen LogP contribution in [-0.2, 0) is 11.8 Å². The Kier molecular flexibility index (Phi) is 8.26. The minimum absolute atomic E-state index is 0.469. The van der Waals surface area contributed by atoms with Gasteiger partial charge in [-0.2, -0.15) is 0 Å². The molecule has 1 aliphatic carbocycles. The number of hydrogen-bond acceptors (Lipinski definition) is 2. The number of anilines is 2. The lowest BCUT2D eigenvalue weighted by Gasteiger charge is -2.40. The van der Waals surface area contributed by atoms with Crippen molar-refractivity contribution in [1.29, 1.82) is 0 Å². The van der Waals surface area contributed by atoms with Crippen LogP contribution in [0.25, 0.3) is 54.9 Å². The summed E-state index contributed by atoms with van der Waals surface area (Å²) in [5.74, 6) is 0.928. The van der Waals surface area contributed by atoms with E-state index < -0.39 is 5.41 Å². The average Bonchev–Trinajstić information content (AvgIpc) is 3.55. The van der Waals surface area contributed by atoms with Gasteiger partial charge in [0, 0.05) is 11.4 Å². The Balaban J connectivity index is 0.000000338. The summed E-state index contributed by atoms with van der Waals surface area (Å²) in [4.78, 5) is 0. The molecule has 1 spiro atoms. The molecule has 9 aromatic rings. The second-order valence-corrected chi connectivity index (χ2v) is 14.8. The Labute approximate surface area is 328 Å². The molecule has 2 aliphatic rings. The van der Waals surface area contributed by atoms with Gasteiger partial charge in [0.05, 0.1) is 12.5 Å². The van der Waals surface area contributed by atoms with Crippen molar-refractivity contribution in [2.45, 2.75) is 18.8 Å². The normalized spacial score (nSPS) is 12.8. The Morgan fingerprint density at radius 2 is 0.839 bits per heavy atom. The van der Waals surface area contributed by atoms with E-state index in [1.165, 1.54) is 82.7 Å². The third-order valence-corrected chi connectivity index (χ3v) is 11.8. The number of methoxy groups -OCH3 is 1. The molecule has 1 N–H and O–H groups in total. The van der Waals surface area contributed by atoms with Gasteiger partial charge in [0.2, 0.25) is 0 Å². The molecule has 9 aromatic carbocycles. The van der Waals surface area contributed by atoms with E-state index in [-0.39, 0.29) is 0 Å². The zero-order valence-electron chi connectivity index (χ0n) is 31.6. The molecule has 0 bridgehead atoms. The summed E-state index contributed by atoms with van der Waals surface area (Å²) in [6.45, 7) is 2.14. The largest absolute Gasteiger partial charge is 0.497 e. The Hall–Kier alpha value is -6.90. The van der Waals surface area contributed by atoms with Gasteiger partial charge >= 0.3 is 0 Å². The number of ether oxygens (including phenoxy) is 1. The molecule has 0 fully saturated rings. The second kappa shape index (κ2) is 13.7. The van der Waals surface area contributed by atoms with E-state index in [0.717, 1.165) is 23.5 Å². The lowest BCUT2D eigenvalue weighted by molar-refractivity contribution is 0.414. The summed E-state index contributed by atoms with van der Waals surface area (Å²) in [6, 6.07) is 71.1. The molecule has 0 saturated heterocycles. The number of nitrogens with one attached hydrogen (secondary N) is 1. The highest BCUT2D eigenvalue weighted by atomic mass is 16.5. The quantitative estimate of drug-likeness (QED) is 0.196. The molecule has 2 heteroatoms. The molecule has 268 valence electrons. The van der Waals surface area contributed by atoms with Crippen molar-refractivity contribution in [3.8, 4) is 39.1 Å². The van der Waals surface area contributed by atoms with Gasteiger partial charge in [0.25, 0.3) is 0 Å². The van der Waals surface area contributed by atoms with Crippen molar-refractivity contribution in [1.82, 2.24) is 0 Å². The van der Waals surface area contributed by atoms with E-state index in [4.69, 9.17) is 4.74 Å². The SMILES string of the molecule is CCc1ccc(OC)cc1.c1ccc2c(c1)Nc1ccccc1C21c2cc(-c3ccc4ccccc4c3)ccc2-c2ccc(-c3ccc4ccccc4c3)cc21. The number of hydrogen-bond donors (Lipinski definition) is 1. The molecule has 0 atom stereocenters. The number of benzene rings is 9.